The van der Waals surface area contributed by atoms with Crippen LogP contribution in [0.4, 0.5) is 4.79 Å². The number of amides is 1. The van der Waals surface area contributed by atoms with E-state index in [9.17, 15) is 4.79 Å². The lowest BCUT2D eigenvalue weighted by atomic mass is 9.79. The van der Waals surface area contributed by atoms with Gasteiger partial charge in [-0.25, -0.2) is 4.79 Å². The third-order valence-corrected chi connectivity index (χ3v) is 5.57. The zero-order valence-electron chi connectivity index (χ0n) is 15.5. The summed E-state index contributed by atoms with van der Waals surface area (Å²) in [5.41, 5.74) is 2.09. The molecule has 0 spiro atoms. The zero-order chi connectivity index (χ0) is 18.6. The van der Waals surface area contributed by atoms with Crippen molar-refractivity contribution in [1.82, 2.24) is 4.90 Å². The van der Waals surface area contributed by atoms with Crippen molar-refractivity contribution in [3.05, 3.63) is 71.8 Å². The SMILES string of the molecule is COC1C(OCc2ccccc2)[C@H]2CC[C@H]2N1C(=O)OCc1ccccc1. The van der Waals surface area contributed by atoms with E-state index in [0.717, 1.165) is 24.0 Å². The van der Waals surface area contributed by atoms with Crippen molar-refractivity contribution in [1.29, 1.82) is 0 Å². The van der Waals surface area contributed by atoms with Gasteiger partial charge in [-0.3, -0.25) is 4.90 Å². The summed E-state index contributed by atoms with van der Waals surface area (Å²) < 4.78 is 17.4. The van der Waals surface area contributed by atoms with Gasteiger partial charge in [-0.2, -0.15) is 0 Å². The molecule has 4 rings (SSSR count). The van der Waals surface area contributed by atoms with Gasteiger partial charge in [-0.15, -0.1) is 0 Å². The molecule has 2 aromatic carbocycles. The van der Waals surface area contributed by atoms with Crippen LogP contribution in [0, 0.1) is 5.92 Å². The van der Waals surface area contributed by atoms with E-state index in [0.29, 0.717) is 12.5 Å². The molecule has 5 heteroatoms. The quantitative estimate of drug-likeness (QED) is 0.775. The second kappa shape index (κ2) is 8.11. The minimum absolute atomic E-state index is 0.127. The highest BCUT2D eigenvalue weighted by molar-refractivity contribution is 5.69. The van der Waals surface area contributed by atoms with E-state index in [4.69, 9.17) is 14.2 Å². The van der Waals surface area contributed by atoms with Gasteiger partial charge in [-0.1, -0.05) is 60.7 Å². The summed E-state index contributed by atoms with van der Waals surface area (Å²) >= 11 is 0. The minimum atomic E-state index is -0.408. The van der Waals surface area contributed by atoms with Gasteiger partial charge in [0.25, 0.3) is 0 Å². The Bertz CT molecular complexity index is 751. The fraction of sp³-hybridized carbons (Fsp3) is 0.409. The number of ether oxygens (including phenoxy) is 3. The van der Waals surface area contributed by atoms with Gasteiger partial charge >= 0.3 is 6.09 Å². The summed E-state index contributed by atoms with van der Waals surface area (Å²) in [5, 5.41) is 0. The van der Waals surface area contributed by atoms with E-state index >= 15 is 0 Å². The Kier molecular flexibility index (Phi) is 5.41. The third-order valence-electron chi connectivity index (χ3n) is 5.57. The Morgan fingerprint density at radius 1 is 0.963 bits per heavy atom. The van der Waals surface area contributed by atoms with Crippen LogP contribution in [0.15, 0.2) is 60.7 Å². The molecule has 0 bridgehead atoms. The van der Waals surface area contributed by atoms with Crippen molar-refractivity contribution in [3.63, 3.8) is 0 Å². The molecule has 142 valence electrons. The van der Waals surface area contributed by atoms with E-state index in [1.807, 2.05) is 60.7 Å². The number of fused-ring (bicyclic) bond motifs is 1. The molecule has 0 aromatic heterocycles. The van der Waals surface area contributed by atoms with Crippen molar-refractivity contribution in [2.45, 2.75) is 44.4 Å². The maximum atomic E-state index is 12.8. The van der Waals surface area contributed by atoms with Crippen molar-refractivity contribution < 1.29 is 19.0 Å². The van der Waals surface area contributed by atoms with Crippen LogP contribution in [-0.4, -0.2) is 36.5 Å². The highest BCUT2D eigenvalue weighted by Gasteiger charge is 2.56. The summed E-state index contributed by atoms with van der Waals surface area (Å²) in [6, 6.07) is 19.9. The van der Waals surface area contributed by atoms with Crippen molar-refractivity contribution in [3.8, 4) is 0 Å². The van der Waals surface area contributed by atoms with Crippen molar-refractivity contribution >= 4 is 6.09 Å². The third kappa shape index (κ3) is 3.70. The first-order valence-corrected chi connectivity index (χ1v) is 9.45. The number of rotatable bonds is 6. The van der Waals surface area contributed by atoms with Crippen LogP contribution in [0.5, 0.6) is 0 Å². The van der Waals surface area contributed by atoms with Crippen LogP contribution in [0.1, 0.15) is 24.0 Å². The van der Waals surface area contributed by atoms with E-state index < -0.39 is 6.23 Å². The predicted molar refractivity (Wildman–Crippen MR) is 101 cm³/mol. The van der Waals surface area contributed by atoms with Gasteiger partial charge in [0.15, 0.2) is 6.23 Å². The molecule has 0 N–H and O–H groups in total. The number of likely N-dealkylation sites (tertiary alicyclic amines) is 1. The summed E-state index contributed by atoms with van der Waals surface area (Å²) in [7, 11) is 1.63. The Morgan fingerprint density at radius 2 is 1.59 bits per heavy atom. The Labute approximate surface area is 159 Å². The lowest BCUT2D eigenvalue weighted by Gasteiger charge is -2.36. The Hall–Kier alpha value is -2.37. The fourth-order valence-electron chi connectivity index (χ4n) is 4.05. The molecule has 1 aliphatic heterocycles. The van der Waals surface area contributed by atoms with Crippen LogP contribution in [-0.2, 0) is 27.4 Å². The average Bonchev–Trinajstić information content (AvgIpc) is 2.91. The van der Waals surface area contributed by atoms with E-state index in [1.165, 1.54) is 0 Å². The van der Waals surface area contributed by atoms with Crippen LogP contribution in [0.2, 0.25) is 0 Å². The molecule has 2 aromatic rings. The van der Waals surface area contributed by atoms with Gasteiger partial charge in [0, 0.05) is 19.1 Å². The van der Waals surface area contributed by atoms with Crippen molar-refractivity contribution in [2.24, 2.45) is 5.92 Å². The van der Waals surface area contributed by atoms with Gasteiger partial charge in [0.1, 0.15) is 12.7 Å². The maximum Gasteiger partial charge on any atom is 0.412 e. The molecule has 27 heavy (non-hydrogen) atoms. The molecule has 1 amide bonds. The lowest BCUT2D eigenvalue weighted by molar-refractivity contribution is -0.0992. The molecule has 1 aliphatic carbocycles. The number of carbonyl (C=O) groups is 1. The molecular formula is C22H25NO4. The summed E-state index contributed by atoms with van der Waals surface area (Å²) in [4.78, 5) is 14.5. The topological polar surface area (TPSA) is 48.0 Å². The summed E-state index contributed by atoms with van der Waals surface area (Å²) in [5.74, 6) is 0.308. The first-order valence-electron chi connectivity index (χ1n) is 9.45. The molecule has 2 unspecified atom stereocenters. The lowest BCUT2D eigenvalue weighted by Crippen LogP contribution is -2.46. The number of hydrogen-bond donors (Lipinski definition) is 0. The highest BCUT2D eigenvalue weighted by atomic mass is 16.6. The smallest absolute Gasteiger partial charge is 0.412 e. The number of hydrogen-bond acceptors (Lipinski definition) is 4. The van der Waals surface area contributed by atoms with Gasteiger partial charge in [0.05, 0.1) is 6.61 Å². The molecule has 5 nitrogen and oxygen atoms in total. The summed E-state index contributed by atoms with van der Waals surface area (Å²) in [6.45, 7) is 0.779. The minimum Gasteiger partial charge on any atom is -0.444 e. The first kappa shape index (κ1) is 18.0. The monoisotopic (exact) mass is 367 g/mol. The fourth-order valence-corrected chi connectivity index (χ4v) is 4.05. The standard InChI is InChI=1S/C22H25NO4/c1-25-21-20(26-14-16-8-4-2-5-9-16)18-12-13-19(18)23(21)22(24)27-15-17-10-6-3-7-11-17/h2-11,18-21H,12-15H2,1H3/t18-,19+,20?,21?/m0/s1. The van der Waals surface area contributed by atoms with Crippen molar-refractivity contribution in [2.75, 3.05) is 7.11 Å². The van der Waals surface area contributed by atoms with Gasteiger partial charge in [-0.05, 0) is 24.0 Å². The molecule has 1 saturated carbocycles. The normalized spacial score (nSPS) is 26.3. The molecule has 0 radical (unpaired) electrons. The molecular weight excluding hydrogens is 342 g/mol. The largest absolute Gasteiger partial charge is 0.444 e. The summed E-state index contributed by atoms with van der Waals surface area (Å²) in [6.07, 6.45) is 1.15. The molecule has 2 aliphatic rings. The van der Waals surface area contributed by atoms with Crippen LogP contribution in [0.25, 0.3) is 0 Å². The number of carbonyl (C=O) groups excluding carboxylic acids is 1. The zero-order valence-corrected chi connectivity index (χ0v) is 15.5. The van der Waals surface area contributed by atoms with Gasteiger partial charge < -0.3 is 14.2 Å². The Balaban J connectivity index is 1.41. The molecule has 1 heterocycles. The van der Waals surface area contributed by atoms with Crippen LogP contribution >= 0.6 is 0 Å². The second-order valence-corrected chi connectivity index (χ2v) is 7.14. The van der Waals surface area contributed by atoms with E-state index in [1.54, 1.807) is 12.0 Å². The highest BCUT2D eigenvalue weighted by Crippen LogP contribution is 2.46. The average molecular weight is 367 g/mol. The number of benzene rings is 2. The molecule has 2 fully saturated rings. The molecule has 1 saturated heterocycles. The van der Waals surface area contributed by atoms with Crippen LogP contribution < -0.4 is 0 Å². The second-order valence-electron chi connectivity index (χ2n) is 7.14. The Morgan fingerprint density at radius 3 is 2.15 bits per heavy atom. The maximum absolute atomic E-state index is 12.8. The van der Waals surface area contributed by atoms with E-state index in [-0.39, 0.29) is 24.8 Å². The first-order chi connectivity index (χ1) is 13.3. The number of methoxy groups -OCH3 is 1. The molecule has 4 atom stereocenters. The van der Waals surface area contributed by atoms with Gasteiger partial charge in [0.2, 0.25) is 0 Å². The predicted octanol–water partition coefficient (Wildman–Crippen LogP) is 3.98. The van der Waals surface area contributed by atoms with E-state index in [2.05, 4.69) is 0 Å². The number of nitrogens with zero attached hydrogens (tertiary/aromatic N) is 1. The van der Waals surface area contributed by atoms with Crippen LogP contribution in [0.3, 0.4) is 0 Å².